The van der Waals surface area contributed by atoms with E-state index in [9.17, 15) is 18.0 Å². The van der Waals surface area contributed by atoms with Gasteiger partial charge in [0.25, 0.3) is 0 Å². The molecule has 0 N–H and O–H groups in total. The summed E-state index contributed by atoms with van der Waals surface area (Å²) in [6.07, 6.45) is -4.37. The van der Waals surface area contributed by atoms with Gasteiger partial charge in [-0.25, -0.2) is 0 Å². The minimum absolute atomic E-state index is 0.111. The average Bonchev–Trinajstić information content (AvgIpc) is 2.14. The van der Waals surface area contributed by atoms with Crippen LogP contribution in [0.25, 0.3) is 0 Å². The van der Waals surface area contributed by atoms with Gasteiger partial charge in [-0.1, -0.05) is 15.9 Å². The molecule has 0 bridgehead atoms. The van der Waals surface area contributed by atoms with Crippen molar-refractivity contribution in [1.82, 2.24) is 0 Å². The van der Waals surface area contributed by atoms with Crippen LogP contribution in [-0.4, -0.2) is 11.1 Å². The third-order valence-electron chi connectivity index (χ3n) is 2.26. The molecule has 0 spiro atoms. The second-order valence-corrected chi connectivity index (χ2v) is 4.10. The van der Waals surface area contributed by atoms with Crippen molar-refractivity contribution in [3.63, 3.8) is 0 Å². The normalized spacial score (nSPS) is 11.6. The SMILES string of the molecule is Cc1cc(C(F)(F)F)cc(C)c1C(=O)CBr. The summed E-state index contributed by atoms with van der Waals surface area (Å²) < 4.78 is 37.4. The van der Waals surface area contributed by atoms with Crippen molar-refractivity contribution in [2.75, 3.05) is 5.33 Å². The van der Waals surface area contributed by atoms with Crippen LogP contribution in [0.15, 0.2) is 12.1 Å². The van der Waals surface area contributed by atoms with E-state index in [0.29, 0.717) is 16.7 Å². The maximum absolute atomic E-state index is 12.5. The average molecular weight is 295 g/mol. The number of carbonyl (C=O) groups excluding carboxylic acids is 1. The number of rotatable bonds is 2. The predicted molar refractivity (Wildman–Crippen MR) is 59.0 cm³/mol. The van der Waals surface area contributed by atoms with Gasteiger partial charge < -0.3 is 0 Å². The van der Waals surface area contributed by atoms with Crippen molar-refractivity contribution in [3.8, 4) is 0 Å². The smallest absolute Gasteiger partial charge is 0.293 e. The molecule has 0 aliphatic carbocycles. The zero-order valence-corrected chi connectivity index (χ0v) is 10.4. The molecule has 0 unspecified atom stereocenters. The highest BCUT2D eigenvalue weighted by Gasteiger charge is 2.31. The number of alkyl halides is 4. The van der Waals surface area contributed by atoms with Crippen molar-refractivity contribution in [3.05, 3.63) is 34.4 Å². The molecule has 0 radical (unpaired) electrons. The first-order valence-corrected chi connectivity index (χ1v) is 5.67. The largest absolute Gasteiger partial charge is 0.416 e. The summed E-state index contributed by atoms with van der Waals surface area (Å²) >= 11 is 3.01. The maximum Gasteiger partial charge on any atom is 0.416 e. The van der Waals surface area contributed by atoms with Gasteiger partial charge in [-0.15, -0.1) is 0 Å². The van der Waals surface area contributed by atoms with Gasteiger partial charge in [0.2, 0.25) is 0 Å². The number of aryl methyl sites for hydroxylation is 2. The summed E-state index contributed by atoms with van der Waals surface area (Å²) in [6, 6.07) is 2.01. The topological polar surface area (TPSA) is 17.1 Å². The predicted octanol–water partition coefficient (Wildman–Crippen LogP) is 3.90. The van der Waals surface area contributed by atoms with Crippen molar-refractivity contribution in [1.29, 1.82) is 0 Å². The zero-order chi connectivity index (χ0) is 12.5. The van der Waals surface area contributed by atoms with E-state index in [1.54, 1.807) is 0 Å². The lowest BCUT2D eigenvalue weighted by Crippen LogP contribution is -2.11. The monoisotopic (exact) mass is 294 g/mol. The quantitative estimate of drug-likeness (QED) is 0.597. The number of benzene rings is 1. The second kappa shape index (κ2) is 4.57. The van der Waals surface area contributed by atoms with Crippen LogP contribution < -0.4 is 0 Å². The molecule has 0 saturated carbocycles. The lowest BCUT2D eigenvalue weighted by atomic mass is 9.96. The van der Waals surface area contributed by atoms with E-state index in [2.05, 4.69) is 15.9 Å². The summed E-state index contributed by atoms with van der Waals surface area (Å²) in [6.45, 7) is 3.02. The lowest BCUT2D eigenvalue weighted by molar-refractivity contribution is -0.137. The van der Waals surface area contributed by atoms with Gasteiger partial charge in [-0.2, -0.15) is 13.2 Å². The van der Waals surface area contributed by atoms with Crippen LogP contribution in [0.3, 0.4) is 0 Å². The number of hydrogen-bond acceptors (Lipinski definition) is 1. The summed E-state index contributed by atoms with van der Waals surface area (Å²) in [7, 11) is 0. The van der Waals surface area contributed by atoms with Crippen molar-refractivity contribution in [2.24, 2.45) is 0 Å². The molecule has 1 aromatic carbocycles. The van der Waals surface area contributed by atoms with E-state index in [1.807, 2.05) is 0 Å². The van der Waals surface area contributed by atoms with Gasteiger partial charge in [-0.05, 0) is 37.1 Å². The van der Waals surface area contributed by atoms with E-state index in [4.69, 9.17) is 0 Å². The third kappa shape index (κ3) is 2.64. The fourth-order valence-corrected chi connectivity index (χ4v) is 1.91. The second-order valence-electron chi connectivity index (χ2n) is 3.54. The summed E-state index contributed by atoms with van der Waals surface area (Å²) in [5.41, 5.74) is 0.368. The van der Waals surface area contributed by atoms with Crippen LogP contribution in [0.2, 0.25) is 0 Å². The Morgan fingerprint density at radius 3 is 2.00 bits per heavy atom. The van der Waals surface area contributed by atoms with Crippen LogP contribution >= 0.6 is 15.9 Å². The highest BCUT2D eigenvalue weighted by molar-refractivity contribution is 9.09. The highest BCUT2D eigenvalue weighted by Crippen LogP contribution is 2.32. The van der Waals surface area contributed by atoms with Crippen molar-refractivity contribution < 1.29 is 18.0 Å². The number of ketones is 1. The Morgan fingerprint density at radius 1 is 1.25 bits per heavy atom. The van der Waals surface area contributed by atoms with Gasteiger partial charge in [0, 0.05) is 5.56 Å². The molecule has 0 heterocycles. The minimum Gasteiger partial charge on any atom is -0.293 e. The van der Waals surface area contributed by atoms with Crippen molar-refractivity contribution in [2.45, 2.75) is 20.0 Å². The maximum atomic E-state index is 12.5. The Kier molecular flexibility index (Phi) is 3.78. The van der Waals surface area contributed by atoms with E-state index in [-0.39, 0.29) is 11.1 Å². The molecular formula is C11H10BrF3O. The Morgan fingerprint density at radius 2 is 1.69 bits per heavy atom. The first-order chi connectivity index (χ1) is 7.27. The highest BCUT2D eigenvalue weighted by atomic mass is 79.9. The molecule has 1 aromatic rings. The summed E-state index contributed by atoms with van der Waals surface area (Å²) in [4.78, 5) is 11.5. The number of halogens is 4. The Bertz CT molecular complexity index is 401. The molecule has 1 rings (SSSR count). The molecule has 0 aliphatic heterocycles. The van der Waals surface area contributed by atoms with Crippen LogP contribution in [0.4, 0.5) is 13.2 Å². The van der Waals surface area contributed by atoms with Gasteiger partial charge >= 0.3 is 6.18 Å². The fourth-order valence-electron chi connectivity index (χ4n) is 1.63. The first kappa shape index (κ1) is 13.2. The number of carbonyl (C=O) groups is 1. The standard InChI is InChI=1S/C11H10BrF3O/c1-6-3-8(11(13,14)15)4-7(2)10(6)9(16)5-12/h3-4H,5H2,1-2H3. The molecule has 0 aliphatic rings. The molecule has 0 atom stereocenters. The molecule has 0 saturated heterocycles. The van der Waals surface area contributed by atoms with Crippen LogP contribution in [0, 0.1) is 13.8 Å². The molecule has 0 fully saturated rings. The molecule has 5 heteroatoms. The molecular weight excluding hydrogens is 285 g/mol. The Labute approximate surface area is 99.8 Å². The fraction of sp³-hybridized carbons (Fsp3) is 0.364. The van der Waals surface area contributed by atoms with E-state index >= 15 is 0 Å². The van der Waals surface area contributed by atoms with Crippen LogP contribution in [0.5, 0.6) is 0 Å². The van der Waals surface area contributed by atoms with Gasteiger partial charge in [0.1, 0.15) is 0 Å². The number of Topliss-reactive ketones (excluding diaryl/α,β-unsaturated/α-hetero) is 1. The van der Waals surface area contributed by atoms with Gasteiger partial charge in [-0.3, -0.25) is 4.79 Å². The minimum atomic E-state index is -4.37. The first-order valence-electron chi connectivity index (χ1n) is 4.55. The molecule has 1 nitrogen and oxygen atoms in total. The van der Waals surface area contributed by atoms with E-state index in [0.717, 1.165) is 12.1 Å². The van der Waals surface area contributed by atoms with Crippen LogP contribution in [-0.2, 0) is 6.18 Å². The summed E-state index contributed by atoms with van der Waals surface area (Å²) in [5.74, 6) is -0.205. The summed E-state index contributed by atoms with van der Waals surface area (Å²) in [5, 5.41) is 0.111. The number of hydrogen-bond donors (Lipinski definition) is 0. The third-order valence-corrected chi connectivity index (χ3v) is 2.77. The lowest BCUT2D eigenvalue weighted by Gasteiger charge is -2.12. The van der Waals surface area contributed by atoms with Gasteiger partial charge in [0.15, 0.2) is 5.78 Å². The molecule has 88 valence electrons. The van der Waals surface area contributed by atoms with Crippen molar-refractivity contribution >= 4 is 21.7 Å². The molecule has 16 heavy (non-hydrogen) atoms. The molecule has 0 amide bonds. The zero-order valence-electron chi connectivity index (χ0n) is 8.78. The Hall–Kier alpha value is -0.840. The van der Waals surface area contributed by atoms with Gasteiger partial charge in [0.05, 0.1) is 10.9 Å². The van der Waals surface area contributed by atoms with Crippen LogP contribution in [0.1, 0.15) is 27.0 Å². The molecule has 0 aromatic heterocycles. The Balaban J connectivity index is 3.34. The van der Waals surface area contributed by atoms with E-state index < -0.39 is 11.7 Å². The van der Waals surface area contributed by atoms with E-state index in [1.165, 1.54) is 13.8 Å².